The molecule has 0 aliphatic heterocycles. The molecule has 1 atom stereocenters. The molecular weight excluding hydrogens is 140 g/mol. The smallest absolute Gasteiger partial charge is 0.0541 e. The summed E-state index contributed by atoms with van der Waals surface area (Å²) in [6.45, 7) is 0.159. The topological polar surface area (TPSA) is 40.5 Å². The van der Waals surface area contributed by atoms with E-state index in [0.29, 0.717) is 12.8 Å². The largest absolute Gasteiger partial charge is 0.396 e. The van der Waals surface area contributed by atoms with E-state index in [-0.39, 0.29) is 12.7 Å². The third-order valence-corrected chi connectivity index (χ3v) is 1.55. The molecular formula is C9H16O2. The molecule has 0 aromatic rings. The molecule has 0 aliphatic carbocycles. The lowest BCUT2D eigenvalue weighted by atomic mass is 10.1. The van der Waals surface area contributed by atoms with E-state index in [1.54, 1.807) is 0 Å². The molecule has 64 valence electrons. The van der Waals surface area contributed by atoms with Crippen LogP contribution >= 0.6 is 0 Å². The number of hydrogen-bond acceptors (Lipinski definition) is 2. The highest BCUT2D eigenvalue weighted by Crippen LogP contribution is 2.05. The number of hydrogen-bond donors (Lipinski definition) is 2. The Morgan fingerprint density at radius 2 is 1.91 bits per heavy atom. The average molecular weight is 156 g/mol. The fourth-order valence-electron chi connectivity index (χ4n) is 0.911. The van der Waals surface area contributed by atoms with Gasteiger partial charge in [0.15, 0.2) is 0 Å². The summed E-state index contributed by atoms with van der Waals surface area (Å²) in [6, 6.07) is 0. The molecule has 0 heterocycles. The standard InChI is InChI=1S/C9H16O2/c1-2-3-4-6-9(11)7-5-8-10/h1,9-11H,3-8H2. The third kappa shape index (κ3) is 7.38. The van der Waals surface area contributed by atoms with Gasteiger partial charge in [-0.2, -0.15) is 0 Å². The molecule has 2 heteroatoms. The molecule has 0 saturated heterocycles. The van der Waals surface area contributed by atoms with E-state index in [0.717, 1.165) is 19.3 Å². The van der Waals surface area contributed by atoms with Gasteiger partial charge in [0, 0.05) is 13.0 Å². The number of rotatable bonds is 6. The molecule has 2 nitrogen and oxygen atoms in total. The van der Waals surface area contributed by atoms with Crippen molar-refractivity contribution >= 4 is 0 Å². The van der Waals surface area contributed by atoms with E-state index in [1.165, 1.54) is 0 Å². The molecule has 0 radical (unpaired) electrons. The molecule has 0 aliphatic rings. The summed E-state index contributed by atoms with van der Waals surface area (Å²) in [5.41, 5.74) is 0. The minimum atomic E-state index is -0.282. The van der Waals surface area contributed by atoms with Gasteiger partial charge in [-0.25, -0.2) is 0 Å². The summed E-state index contributed by atoms with van der Waals surface area (Å²) in [7, 11) is 0. The molecule has 0 aromatic carbocycles. The average Bonchev–Trinajstić information content (AvgIpc) is 2.01. The van der Waals surface area contributed by atoms with Gasteiger partial charge in [0.05, 0.1) is 6.10 Å². The first-order valence-electron chi connectivity index (χ1n) is 4.03. The fraction of sp³-hybridized carbons (Fsp3) is 0.778. The second kappa shape index (κ2) is 7.59. The van der Waals surface area contributed by atoms with Crippen molar-refractivity contribution in [3.05, 3.63) is 0 Å². The molecule has 0 saturated carbocycles. The summed E-state index contributed by atoms with van der Waals surface area (Å²) in [6.07, 6.45) is 8.49. The minimum Gasteiger partial charge on any atom is -0.396 e. The first-order chi connectivity index (χ1) is 5.31. The normalized spacial score (nSPS) is 12.5. The van der Waals surface area contributed by atoms with Crippen molar-refractivity contribution < 1.29 is 10.2 Å². The first kappa shape index (κ1) is 10.5. The van der Waals surface area contributed by atoms with E-state index in [1.807, 2.05) is 0 Å². The van der Waals surface area contributed by atoms with Crippen molar-refractivity contribution in [2.24, 2.45) is 0 Å². The molecule has 1 unspecified atom stereocenters. The van der Waals surface area contributed by atoms with Crippen LogP contribution in [0.1, 0.15) is 32.1 Å². The van der Waals surface area contributed by atoms with Crippen molar-refractivity contribution in [3.63, 3.8) is 0 Å². The van der Waals surface area contributed by atoms with Gasteiger partial charge in [-0.15, -0.1) is 12.3 Å². The predicted molar refractivity (Wildman–Crippen MR) is 45.0 cm³/mol. The maximum atomic E-state index is 9.23. The number of aliphatic hydroxyl groups excluding tert-OH is 2. The Hall–Kier alpha value is -0.520. The molecule has 0 spiro atoms. The molecule has 0 fully saturated rings. The lowest BCUT2D eigenvalue weighted by Crippen LogP contribution is -2.06. The Morgan fingerprint density at radius 3 is 2.45 bits per heavy atom. The Balaban J connectivity index is 3.10. The van der Waals surface area contributed by atoms with Crippen LogP contribution in [0.2, 0.25) is 0 Å². The number of unbranched alkanes of at least 4 members (excludes halogenated alkanes) is 1. The molecule has 0 bridgehead atoms. The molecule has 2 N–H and O–H groups in total. The summed E-state index contributed by atoms with van der Waals surface area (Å²) in [4.78, 5) is 0. The monoisotopic (exact) mass is 156 g/mol. The highest BCUT2D eigenvalue weighted by molar-refractivity contribution is 4.83. The first-order valence-corrected chi connectivity index (χ1v) is 4.03. The van der Waals surface area contributed by atoms with Gasteiger partial charge in [0.25, 0.3) is 0 Å². The quantitative estimate of drug-likeness (QED) is 0.443. The zero-order chi connectivity index (χ0) is 8.53. The van der Waals surface area contributed by atoms with Crippen LogP contribution in [-0.4, -0.2) is 22.9 Å². The van der Waals surface area contributed by atoms with Crippen LogP contribution in [0.4, 0.5) is 0 Å². The number of aliphatic hydroxyl groups is 2. The molecule has 0 rings (SSSR count). The van der Waals surface area contributed by atoms with Crippen LogP contribution in [0.3, 0.4) is 0 Å². The van der Waals surface area contributed by atoms with E-state index >= 15 is 0 Å². The van der Waals surface area contributed by atoms with Gasteiger partial charge in [0.2, 0.25) is 0 Å². The summed E-state index contributed by atoms with van der Waals surface area (Å²) >= 11 is 0. The summed E-state index contributed by atoms with van der Waals surface area (Å²) < 4.78 is 0. The lowest BCUT2D eigenvalue weighted by molar-refractivity contribution is 0.139. The third-order valence-electron chi connectivity index (χ3n) is 1.55. The van der Waals surface area contributed by atoms with Gasteiger partial charge < -0.3 is 10.2 Å². The predicted octanol–water partition coefficient (Wildman–Crippen LogP) is 0.923. The minimum absolute atomic E-state index is 0.159. The molecule has 11 heavy (non-hydrogen) atoms. The second-order valence-electron chi connectivity index (χ2n) is 2.62. The SMILES string of the molecule is C#CCCCC(O)CCCO. The van der Waals surface area contributed by atoms with Crippen LogP contribution in [-0.2, 0) is 0 Å². The van der Waals surface area contributed by atoms with Gasteiger partial charge in [-0.1, -0.05) is 0 Å². The Kier molecular flexibility index (Phi) is 7.23. The lowest BCUT2D eigenvalue weighted by Gasteiger charge is -2.07. The Bertz CT molecular complexity index is 115. The Morgan fingerprint density at radius 1 is 1.27 bits per heavy atom. The van der Waals surface area contributed by atoms with Gasteiger partial charge in [-0.3, -0.25) is 0 Å². The summed E-state index contributed by atoms with van der Waals surface area (Å²) in [5, 5.41) is 17.7. The van der Waals surface area contributed by atoms with Gasteiger partial charge in [0.1, 0.15) is 0 Å². The zero-order valence-corrected chi connectivity index (χ0v) is 6.79. The van der Waals surface area contributed by atoms with Crippen molar-refractivity contribution in [3.8, 4) is 12.3 Å². The van der Waals surface area contributed by atoms with E-state index in [4.69, 9.17) is 11.5 Å². The van der Waals surface area contributed by atoms with Crippen LogP contribution in [0.25, 0.3) is 0 Å². The summed E-state index contributed by atoms with van der Waals surface area (Å²) in [5.74, 6) is 2.52. The van der Waals surface area contributed by atoms with Crippen LogP contribution in [0, 0.1) is 12.3 Å². The van der Waals surface area contributed by atoms with Gasteiger partial charge in [-0.05, 0) is 25.7 Å². The van der Waals surface area contributed by atoms with E-state index in [2.05, 4.69) is 5.92 Å². The number of terminal acetylenes is 1. The van der Waals surface area contributed by atoms with Crippen molar-refractivity contribution in [2.45, 2.75) is 38.2 Å². The van der Waals surface area contributed by atoms with Crippen molar-refractivity contribution in [1.29, 1.82) is 0 Å². The van der Waals surface area contributed by atoms with Crippen molar-refractivity contribution in [2.75, 3.05) is 6.61 Å². The maximum absolute atomic E-state index is 9.23. The Labute approximate surface area is 68.2 Å². The second-order valence-corrected chi connectivity index (χ2v) is 2.62. The highest BCUT2D eigenvalue weighted by atomic mass is 16.3. The maximum Gasteiger partial charge on any atom is 0.0541 e. The van der Waals surface area contributed by atoms with Crippen LogP contribution in [0.15, 0.2) is 0 Å². The van der Waals surface area contributed by atoms with Crippen molar-refractivity contribution in [1.82, 2.24) is 0 Å². The van der Waals surface area contributed by atoms with E-state index in [9.17, 15) is 5.11 Å². The fourth-order valence-corrected chi connectivity index (χ4v) is 0.911. The van der Waals surface area contributed by atoms with Crippen LogP contribution < -0.4 is 0 Å². The van der Waals surface area contributed by atoms with Crippen LogP contribution in [0.5, 0.6) is 0 Å². The molecule has 0 amide bonds. The zero-order valence-electron chi connectivity index (χ0n) is 6.79. The molecule has 0 aromatic heterocycles. The van der Waals surface area contributed by atoms with Gasteiger partial charge >= 0.3 is 0 Å². The highest BCUT2D eigenvalue weighted by Gasteiger charge is 2.01. The van der Waals surface area contributed by atoms with E-state index < -0.39 is 0 Å².